The first-order valence-corrected chi connectivity index (χ1v) is 8.08. The summed E-state index contributed by atoms with van der Waals surface area (Å²) in [5, 5.41) is 9.40. The highest BCUT2D eigenvalue weighted by Gasteiger charge is 2.35. The number of amides is 1. The zero-order valence-corrected chi connectivity index (χ0v) is 13.9. The minimum absolute atomic E-state index is 0.00968. The molecule has 6 nitrogen and oxygen atoms in total. The maximum absolute atomic E-state index is 12.7. The minimum atomic E-state index is -0.949. The van der Waals surface area contributed by atoms with Crippen LogP contribution >= 0.6 is 0 Å². The van der Waals surface area contributed by atoms with Crippen molar-refractivity contribution in [2.75, 3.05) is 6.54 Å². The van der Waals surface area contributed by atoms with Gasteiger partial charge in [0, 0.05) is 24.4 Å². The van der Waals surface area contributed by atoms with E-state index >= 15 is 0 Å². The molecule has 0 bridgehead atoms. The molecule has 1 fully saturated rings. The van der Waals surface area contributed by atoms with Crippen LogP contribution in [0.5, 0.6) is 5.88 Å². The number of piperidine rings is 1. The monoisotopic (exact) mass is 320 g/mol. The van der Waals surface area contributed by atoms with E-state index in [1.807, 2.05) is 20.8 Å². The Hall–Kier alpha value is -2.11. The number of hydrogen-bond acceptors (Lipinski definition) is 4. The van der Waals surface area contributed by atoms with Crippen LogP contribution in [0.25, 0.3) is 0 Å². The normalized spacial score (nSPS) is 22.5. The molecular formula is C17H24N2O4. The molecule has 1 saturated heterocycles. The molecule has 23 heavy (non-hydrogen) atoms. The average Bonchev–Trinajstić information content (AvgIpc) is 2.54. The van der Waals surface area contributed by atoms with Crippen LogP contribution in [0.2, 0.25) is 0 Å². The van der Waals surface area contributed by atoms with E-state index in [-0.39, 0.29) is 12.0 Å². The number of rotatable bonds is 5. The predicted octanol–water partition coefficient (Wildman–Crippen LogP) is 2.58. The largest absolute Gasteiger partial charge is 0.480 e. The Morgan fingerprint density at radius 3 is 2.91 bits per heavy atom. The van der Waals surface area contributed by atoms with Gasteiger partial charge in [0.2, 0.25) is 5.88 Å². The highest BCUT2D eigenvalue weighted by Crippen LogP contribution is 2.25. The van der Waals surface area contributed by atoms with Gasteiger partial charge in [0.05, 0.1) is 6.10 Å². The number of aliphatic carboxylic acids is 1. The first kappa shape index (κ1) is 17.2. The molecule has 0 spiro atoms. The lowest BCUT2D eigenvalue weighted by Gasteiger charge is -2.36. The fourth-order valence-corrected chi connectivity index (χ4v) is 2.68. The number of carbonyl (C=O) groups excluding carboxylic acids is 1. The average molecular weight is 320 g/mol. The van der Waals surface area contributed by atoms with Gasteiger partial charge in [0.25, 0.3) is 5.91 Å². The van der Waals surface area contributed by atoms with Crippen molar-refractivity contribution in [3.05, 3.63) is 23.9 Å². The molecule has 0 aromatic carbocycles. The third-order valence-corrected chi connectivity index (χ3v) is 4.29. The second-order valence-electron chi connectivity index (χ2n) is 6.20. The van der Waals surface area contributed by atoms with Gasteiger partial charge in [-0.3, -0.25) is 4.79 Å². The maximum atomic E-state index is 12.7. The van der Waals surface area contributed by atoms with Crippen LogP contribution in [-0.2, 0) is 4.79 Å². The number of carbonyl (C=O) groups is 2. The lowest BCUT2D eigenvalue weighted by Crippen LogP contribution is -2.49. The highest BCUT2D eigenvalue weighted by atomic mass is 16.5. The molecule has 1 aromatic rings. The van der Waals surface area contributed by atoms with Crippen molar-refractivity contribution in [3.8, 4) is 5.88 Å². The van der Waals surface area contributed by atoms with Gasteiger partial charge in [0.15, 0.2) is 0 Å². The number of carboxylic acids is 1. The van der Waals surface area contributed by atoms with Gasteiger partial charge in [-0.25, -0.2) is 9.78 Å². The zero-order valence-electron chi connectivity index (χ0n) is 13.9. The second kappa shape index (κ2) is 7.44. The van der Waals surface area contributed by atoms with E-state index in [9.17, 15) is 14.7 Å². The van der Waals surface area contributed by atoms with E-state index in [4.69, 9.17) is 4.74 Å². The first-order valence-electron chi connectivity index (χ1n) is 8.08. The second-order valence-corrected chi connectivity index (χ2v) is 6.20. The summed E-state index contributed by atoms with van der Waals surface area (Å²) >= 11 is 0. The van der Waals surface area contributed by atoms with Crippen molar-refractivity contribution in [2.45, 2.75) is 52.2 Å². The van der Waals surface area contributed by atoms with E-state index in [0.29, 0.717) is 30.3 Å². The van der Waals surface area contributed by atoms with Crippen molar-refractivity contribution in [1.29, 1.82) is 0 Å². The SMILES string of the molecule is CCC(C)Oc1cc(C(=O)N2CCC(C)CC2C(=O)O)ccn1. The standard InChI is InChI=1S/C17H24N2O4/c1-4-12(3)23-15-10-13(5-7-18-15)16(20)19-8-6-11(2)9-14(19)17(21)22/h5,7,10-12,14H,4,6,8-9H2,1-3H3,(H,21,22). The summed E-state index contributed by atoms with van der Waals surface area (Å²) in [6, 6.07) is 2.42. The molecule has 3 atom stereocenters. The molecule has 2 rings (SSSR count). The van der Waals surface area contributed by atoms with Gasteiger partial charge in [-0.1, -0.05) is 13.8 Å². The van der Waals surface area contributed by atoms with Crippen molar-refractivity contribution >= 4 is 11.9 Å². The molecule has 6 heteroatoms. The van der Waals surface area contributed by atoms with E-state index in [2.05, 4.69) is 4.98 Å². The number of ether oxygens (including phenoxy) is 1. The summed E-state index contributed by atoms with van der Waals surface area (Å²) in [6.45, 7) is 6.41. The smallest absolute Gasteiger partial charge is 0.326 e. The number of nitrogens with zero attached hydrogens (tertiary/aromatic N) is 2. The van der Waals surface area contributed by atoms with Crippen LogP contribution in [0.3, 0.4) is 0 Å². The number of hydrogen-bond donors (Lipinski definition) is 1. The van der Waals surface area contributed by atoms with Crippen molar-refractivity contribution in [3.63, 3.8) is 0 Å². The molecule has 2 heterocycles. The molecule has 1 aromatic heterocycles. The molecule has 1 amide bonds. The van der Waals surface area contributed by atoms with Gasteiger partial charge >= 0.3 is 5.97 Å². The summed E-state index contributed by atoms with van der Waals surface area (Å²) in [5.74, 6) is -0.528. The van der Waals surface area contributed by atoms with Gasteiger partial charge < -0.3 is 14.7 Å². The fourth-order valence-electron chi connectivity index (χ4n) is 2.68. The lowest BCUT2D eigenvalue weighted by molar-refractivity contribution is -0.144. The van der Waals surface area contributed by atoms with Crippen molar-refractivity contribution in [2.24, 2.45) is 5.92 Å². The van der Waals surface area contributed by atoms with Crippen molar-refractivity contribution < 1.29 is 19.4 Å². The van der Waals surface area contributed by atoms with Crippen LogP contribution in [0.1, 0.15) is 50.4 Å². The van der Waals surface area contributed by atoms with Crippen LogP contribution in [0.4, 0.5) is 0 Å². The summed E-state index contributed by atoms with van der Waals surface area (Å²) in [5.41, 5.74) is 0.416. The third kappa shape index (κ3) is 4.21. The Bertz CT molecular complexity index is 575. The quantitative estimate of drug-likeness (QED) is 0.902. The molecule has 0 saturated carbocycles. The highest BCUT2D eigenvalue weighted by molar-refractivity contribution is 5.96. The van der Waals surface area contributed by atoms with Gasteiger partial charge in [-0.15, -0.1) is 0 Å². The number of likely N-dealkylation sites (tertiary alicyclic amines) is 1. The molecule has 1 N–H and O–H groups in total. The molecule has 1 aliphatic rings. The van der Waals surface area contributed by atoms with Gasteiger partial charge in [-0.05, 0) is 38.2 Å². The van der Waals surface area contributed by atoms with E-state index in [1.54, 1.807) is 12.1 Å². The third-order valence-electron chi connectivity index (χ3n) is 4.29. The van der Waals surface area contributed by atoms with Crippen molar-refractivity contribution in [1.82, 2.24) is 9.88 Å². The Labute approximate surface area is 136 Å². The van der Waals surface area contributed by atoms with E-state index in [1.165, 1.54) is 11.1 Å². The number of pyridine rings is 1. The zero-order chi connectivity index (χ0) is 17.0. The predicted molar refractivity (Wildman–Crippen MR) is 85.5 cm³/mol. The molecule has 126 valence electrons. The maximum Gasteiger partial charge on any atom is 0.326 e. The molecular weight excluding hydrogens is 296 g/mol. The molecule has 3 unspecified atom stereocenters. The van der Waals surface area contributed by atoms with Gasteiger partial charge in [0.1, 0.15) is 6.04 Å². The Morgan fingerprint density at radius 1 is 1.52 bits per heavy atom. The number of aromatic nitrogens is 1. The van der Waals surface area contributed by atoms with Crippen LogP contribution in [0.15, 0.2) is 18.3 Å². The summed E-state index contributed by atoms with van der Waals surface area (Å²) < 4.78 is 5.63. The molecule has 1 aliphatic heterocycles. The van der Waals surface area contributed by atoms with Crippen LogP contribution in [-0.4, -0.2) is 45.6 Å². The molecule has 0 radical (unpaired) electrons. The summed E-state index contributed by atoms with van der Waals surface area (Å²) in [7, 11) is 0. The Balaban J connectivity index is 2.18. The van der Waals surface area contributed by atoms with E-state index in [0.717, 1.165) is 12.8 Å². The number of carboxylic acid groups (broad SMARTS) is 1. The summed E-state index contributed by atoms with van der Waals surface area (Å²) in [6.07, 6.45) is 3.67. The lowest BCUT2D eigenvalue weighted by atomic mass is 9.92. The van der Waals surface area contributed by atoms with E-state index < -0.39 is 12.0 Å². The summed E-state index contributed by atoms with van der Waals surface area (Å²) in [4.78, 5) is 29.7. The Morgan fingerprint density at radius 2 is 2.26 bits per heavy atom. The van der Waals surface area contributed by atoms with Crippen LogP contribution < -0.4 is 4.74 Å². The first-order chi connectivity index (χ1) is 10.9. The van der Waals surface area contributed by atoms with Gasteiger partial charge in [-0.2, -0.15) is 0 Å². The Kier molecular flexibility index (Phi) is 5.58. The van der Waals surface area contributed by atoms with Crippen LogP contribution in [0, 0.1) is 5.92 Å². The fraction of sp³-hybridized carbons (Fsp3) is 0.588. The minimum Gasteiger partial charge on any atom is -0.480 e. The molecule has 0 aliphatic carbocycles. The topological polar surface area (TPSA) is 79.7 Å².